The van der Waals surface area contributed by atoms with Crippen LogP contribution in [0.3, 0.4) is 0 Å². The number of imide groups is 1. The molecule has 0 aliphatic rings. The molecule has 7 heteroatoms. The van der Waals surface area contributed by atoms with Crippen LogP contribution in [0.25, 0.3) is 10.9 Å². The van der Waals surface area contributed by atoms with E-state index in [4.69, 9.17) is 9.47 Å². The first-order valence-corrected chi connectivity index (χ1v) is 9.65. The number of amides is 2. The topological polar surface area (TPSA) is 71.6 Å². The van der Waals surface area contributed by atoms with Gasteiger partial charge in [0, 0.05) is 22.6 Å². The number of halogens is 1. The first kappa shape index (κ1) is 21.3. The standard InChI is InChI=1S/C20H27BrN2O4/c1-19(2,3)26-17(24)23(18(25)27-20(4,5)6)11-10-13-12-22-16-14(13)8-7-9-15(16)21/h7-9,12,22H,10-11H2,1-6H3. The molecule has 0 aliphatic heterocycles. The Morgan fingerprint density at radius 1 is 1.04 bits per heavy atom. The molecule has 0 fully saturated rings. The number of carbonyl (C=O) groups excluding carboxylic acids is 2. The number of ether oxygens (including phenoxy) is 2. The minimum Gasteiger partial charge on any atom is -0.443 e. The van der Waals surface area contributed by atoms with Crippen LogP contribution in [0, 0.1) is 0 Å². The van der Waals surface area contributed by atoms with Crippen molar-refractivity contribution in [3.8, 4) is 0 Å². The molecule has 148 valence electrons. The second kappa shape index (κ2) is 7.92. The van der Waals surface area contributed by atoms with E-state index in [1.165, 1.54) is 0 Å². The Hall–Kier alpha value is -2.02. The lowest BCUT2D eigenvalue weighted by Gasteiger charge is -2.28. The van der Waals surface area contributed by atoms with E-state index >= 15 is 0 Å². The Labute approximate surface area is 168 Å². The van der Waals surface area contributed by atoms with Crippen molar-refractivity contribution >= 4 is 39.0 Å². The number of benzene rings is 1. The number of carbonyl (C=O) groups is 2. The highest BCUT2D eigenvalue weighted by Gasteiger charge is 2.31. The van der Waals surface area contributed by atoms with Gasteiger partial charge in [0.2, 0.25) is 0 Å². The van der Waals surface area contributed by atoms with E-state index in [-0.39, 0.29) is 6.54 Å². The molecule has 0 unspecified atom stereocenters. The largest absolute Gasteiger partial charge is 0.443 e. The summed E-state index contributed by atoms with van der Waals surface area (Å²) < 4.78 is 11.7. The monoisotopic (exact) mass is 438 g/mol. The summed E-state index contributed by atoms with van der Waals surface area (Å²) >= 11 is 3.51. The molecule has 27 heavy (non-hydrogen) atoms. The average Bonchev–Trinajstić information content (AvgIpc) is 2.88. The minimum atomic E-state index is -0.710. The van der Waals surface area contributed by atoms with Gasteiger partial charge in [0.15, 0.2) is 0 Å². The van der Waals surface area contributed by atoms with Crippen molar-refractivity contribution in [2.24, 2.45) is 0 Å². The maximum atomic E-state index is 12.6. The number of rotatable bonds is 3. The molecule has 0 radical (unpaired) electrons. The van der Waals surface area contributed by atoms with Gasteiger partial charge < -0.3 is 14.5 Å². The molecule has 2 rings (SSSR count). The average molecular weight is 439 g/mol. The number of hydrogen-bond donors (Lipinski definition) is 1. The van der Waals surface area contributed by atoms with Crippen molar-refractivity contribution in [1.29, 1.82) is 0 Å². The van der Waals surface area contributed by atoms with E-state index in [2.05, 4.69) is 20.9 Å². The lowest BCUT2D eigenvalue weighted by molar-refractivity contribution is 0.00172. The first-order valence-electron chi connectivity index (χ1n) is 8.85. The number of nitrogens with zero attached hydrogens (tertiary/aromatic N) is 1. The molecule has 0 bridgehead atoms. The zero-order valence-corrected chi connectivity index (χ0v) is 18.3. The highest BCUT2D eigenvalue weighted by atomic mass is 79.9. The van der Waals surface area contributed by atoms with Crippen LogP contribution in [-0.4, -0.2) is 39.8 Å². The van der Waals surface area contributed by atoms with Gasteiger partial charge in [-0.25, -0.2) is 14.5 Å². The molecule has 2 aromatic rings. The van der Waals surface area contributed by atoms with E-state index in [1.807, 2.05) is 24.4 Å². The van der Waals surface area contributed by atoms with Gasteiger partial charge >= 0.3 is 12.2 Å². The van der Waals surface area contributed by atoms with E-state index in [0.29, 0.717) is 6.42 Å². The van der Waals surface area contributed by atoms with E-state index in [0.717, 1.165) is 25.8 Å². The van der Waals surface area contributed by atoms with Crippen molar-refractivity contribution < 1.29 is 19.1 Å². The summed E-state index contributed by atoms with van der Waals surface area (Å²) in [6.07, 6.45) is 0.947. The summed E-state index contributed by atoms with van der Waals surface area (Å²) in [6, 6.07) is 5.90. The second-order valence-corrected chi connectivity index (χ2v) is 9.19. The molecule has 0 atom stereocenters. The number of nitrogens with one attached hydrogen (secondary N) is 1. The molecule has 0 aliphatic carbocycles. The second-order valence-electron chi connectivity index (χ2n) is 8.34. The van der Waals surface area contributed by atoms with Crippen LogP contribution >= 0.6 is 15.9 Å². The third kappa shape index (κ3) is 5.99. The van der Waals surface area contributed by atoms with E-state index < -0.39 is 23.4 Å². The molecule has 2 amide bonds. The van der Waals surface area contributed by atoms with Crippen LogP contribution in [0.4, 0.5) is 9.59 Å². The van der Waals surface area contributed by atoms with Crippen molar-refractivity contribution in [3.05, 3.63) is 34.4 Å². The maximum absolute atomic E-state index is 12.6. The van der Waals surface area contributed by atoms with Gasteiger partial charge in [-0.1, -0.05) is 12.1 Å². The number of para-hydroxylation sites is 1. The first-order chi connectivity index (χ1) is 12.4. The van der Waals surface area contributed by atoms with Crippen molar-refractivity contribution in [3.63, 3.8) is 0 Å². The fourth-order valence-electron chi connectivity index (χ4n) is 2.51. The molecule has 0 saturated heterocycles. The zero-order chi connectivity index (χ0) is 20.4. The summed E-state index contributed by atoms with van der Waals surface area (Å²) in [4.78, 5) is 29.3. The lowest BCUT2D eigenvalue weighted by Crippen LogP contribution is -2.44. The van der Waals surface area contributed by atoms with E-state index in [1.54, 1.807) is 41.5 Å². The lowest BCUT2D eigenvalue weighted by atomic mass is 10.1. The maximum Gasteiger partial charge on any atom is 0.419 e. The third-order valence-electron chi connectivity index (χ3n) is 3.58. The molecular formula is C20H27BrN2O4. The van der Waals surface area contributed by atoms with Gasteiger partial charge in [0.25, 0.3) is 0 Å². The Morgan fingerprint density at radius 3 is 2.11 bits per heavy atom. The van der Waals surface area contributed by atoms with Gasteiger partial charge in [-0.2, -0.15) is 0 Å². The van der Waals surface area contributed by atoms with Crippen LogP contribution in [0.5, 0.6) is 0 Å². The highest BCUT2D eigenvalue weighted by Crippen LogP contribution is 2.26. The summed E-state index contributed by atoms with van der Waals surface area (Å²) in [5, 5.41) is 1.04. The van der Waals surface area contributed by atoms with Crippen LogP contribution in [0.1, 0.15) is 47.1 Å². The summed E-state index contributed by atoms with van der Waals surface area (Å²) in [5.74, 6) is 0. The summed E-state index contributed by atoms with van der Waals surface area (Å²) in [7, 11) is 0. The van der Waals surface area contributed by atoms with Crippen molar-refractivity contribution in [1.82, 2.24) is 9.88 Å². The molecule has 6 nitrogen and oxygen atoms in total. The predicted octanol–water partition coefficient (Wildman–Crippen LogP) is 5.65. The Kier molecular flexibility index (Phi) is 6.24. The van der Waals surface area contributed by atoms with Gasteiger partial charge in [-0.15, -0.1) is 0 Å². The van der Waals surface area contributed by atoms with Crippen molar-refractivity contribution in [2.45, 2.75) is 59.2 Å². The molecule has 0 spiro atoms. The van der Waals surface area contributed by atoms with Crippen LogP contribution in [0.2, 0.25) is 0 Å². The van der Waals surface area contributed by atoms with Crippen LogP contribution in [0.15, 0.2) is 28.9 Å². The van der Waals surface area contributed by atoms with Gasteiger partial charge in [-0.05, 0) is 75.5 Å². The number of aromatic nitrogens is 1. The normalized spacial score (nSPS) is 12.1. The Morgan fingerprint density at radius 2 is 1.59 bits per heavy atom. The molecule has 1 N–H and O–H groups in total. The highest BCUT2D eigenvalue weighted by molar-refractivity contribution is 9.10. The number of H-pyrrole nitrogens is 1. The number of hydrogen-bond acceptors (Lipinski definition) is 4. The predicted molar refractivity (Wildman–Crippen MR) is 109 cm³/mol. The quantitative estimate of drug-likeness (QED) is 0.672. The molecular weight excluding hydrogens is 412 g/mol. The van der Waals surface area contributed by atoms with Crippen molar-refractivity contribution in [2.75, 3.05) is 6.54 Å². The SMILES string of the molecule is CC(C)(C)OC(=O)N(CCc1c[nH]c2c(Br)cccc12)C(=O)OC(C)(C)C. The number of fused-ring (bicyclic) bond motifs is 1. The van der Waals surface area contributed by atoms with Gasteiger partial charge in [0.1, 0.15) is 11.2 Å². The fourth-order valence-corrected chi connectivity index (χ4v) is 2.99. The van der Waals surface area contributed by atoms with Crippen LogP contribution < -0.4 is 0 Å². The number of aromatic amines is 1. The van der Waals surface area contributed by atoms with Gasteiger partial charge in [-0.3, -0.25) is 0 Å². The zero-order valence-electron chi connectivity index (χ0n) is 16.7. The smallest absolute Gasteiger partial charge is 0.419 e. The molecule has 1 aromatic heterocycles. The summed E-state index contributed by atoms with van der Waals surface area (Å²) in [6.45, 7) is 10.7. The fraction of sp³-hybridized carbons (Fsp3) is 0.500. The Balaban J connectivity index is 2.21. The third-order valence-corrected chi connectivity index (χ3v) is 4.24. The minimum absolute atomic E-state index is 0.156. The van der Waals surface area contributed by atoms with Gasteiger partial charge in [0.05, 0.1) is 5.52 Å². The summed E-state index contributed by atoms with van der Waals surface area (Å²) in [5.41, 5.74) is 0.573. The molecule has 0 saturated carbocycles. The Bertz CT molecular complexity index is 803. The molecule has 1 aromatic carbocycles. The van der Waals surface area contributed by atoms with Crippen LogP contribution in [-0.2, 0) is 15.9 Å². The molecule has 1 heterocycles. The van der Waals surface area contributed by atoms with E-state index in [9.17, 15) is 9.59 Å².